The van der Waals surface area contributed by atoms with Gasteiger partial charge < -0.3 is 9.94 Å². The van der Waals surface area contributed by atoms with Crippen LogP contribution in [0.1, 0.15) is 5.56 Å². The second-order valence-electron chi connectivity index (χ2n) is 3.61. The first-order valence-electron chi connectivity index (χ1n) is 5.39. The van der Waals surface area contributed by atoms with Crippen molar-refractivity contribution in [2.45, 2.75) is 0 Å². The standard InChI is InChI=1S/C14H9ClN2O2/c15-10-5-7-11(8-6-10)19-14-4-2-1-3-12(14)13(9-16)17-18/h1-8,18H/b17-13+. The van der Waals surface area contributed by atoms with Crippen molar-refractivity contribution in [2.24, 2.45) is 5.16 Å². The molecule has 0 bridgehead atoms. The molecule has 4 nitrogen and oxygen atoms in total. The molecule has 0 saturated heterocycles. The quantitative estimate of drug-likeness (QED) is 0.524. The van der Waals surface area contributed by atoms with Crippen LogP contribution >= 0.6 is 11.6 Å². The Kier molecular flexibility index (Phi) is 4.01. The van der Waals surface area contributed by atoms with E-state index in [1.54, 1.807) is 54.6 Å². The molecule has 2 aromatic carbocycles. The number of halogens is 1. The Labute approximate surface area is 115 Å². The van der Waals surface area contributed by atoms with Crippen LogP contribution < -0.4 is 4.74 Å². The predicted molar refractivity (Wildman–Crippen MR) is 71.9 cm³/mol. The highest BCUT2D eigenvalue weighted by atomic mass is 35.5. The third kappa shape index (κ3) is 3.03. The normalized spacial score (nSPS) is 10.8. The fourth-order valence-electron chi connectivity index (χ4n) is 1.52. The van der Waals surface area contributed by atoms with E-state index in [4.69, 9.17) is 26.8 Å². The van der Waals surface area contributed by atoms with Crippen LogP contribution in [0.5, 0.6) is 11.5 Å². The van der Waals surface area contributed by atoms with Gasteiger partial charge >= 0.3 is 0 Å². The van der Waals surface area contributed by atoms with Gasteiger partial charge in [0.1, 0.15) is 17.6 Å². The van der Waals surface area contributed by atoms with E-state index in [2.05, 4.69) is 5.16 Å². The van der Waals surface area contributed by atoms with Gasteiger partial charge in [-0.3, -0.25) is 0 Å². The van der Waals surface area contributed by atoms with E-state index in [1.807, 2.05) is 0 Å². The molecule has 0 aliphatic carbocycles. The minimum atomic E-state index is -0.107. The molecule has 0 amide bonds. The van der Waals surface area contributed by atoms with Crippen LogP contribution in [0.15, 0.2) is 53.7 Å². The lowest BCUT2D eigenvalue weighted by molar-refractivity contribution is 0.320. The lowest BCUT2D eigenvalue weighted by atomic mass is 10.1. The first-order chi connectivity index (χ1) is 9.24. The summed E-state index contributed by atoms with van der Waals surface area (Å²) in [6.45, 7) is 0. The Morgan fingerprint density at radius 3 is 2.47 bits per heavy atom. The highest BCUT2D eigenvalue weighted by molar-refractivity contribution is 6.30. The Balaban J connectivity index is 2.36. The maximum Gasteiger partial charge on any atom is 0.190 e. The van der Waals surface area contributed by atoms with E-state index in [-0.39, 0.29) is 5.71 Å². The summed E-state index contributed by atoms with van der Waals surface area (Å²) in [7, 11) is 0. The van der Waals surface area contributed by atoms with Crippen molar-refractivity contribution < 1.29 is 9.94 Å². The van der Waals surface area contributed by atoms with Crippen LogP contribution in [-0.4, -0.2) is 10.9 Å². The molecule has 0 aliphatic rings. The van der Waals surface area contributed by atoms with Gasteiger partial charge in [-0.2, -0.15) is 5.26 Å². The fourth-order valence-corrected chi connectivity index (χ4v) is 1.64. The molecule has 94 valence electrons. The smallest absolute Gasteiger partial charge is 0.190 e. The van der Waals surface area contributed by atoms with Gasteiger partial charge in [-0.25, -0.2) is 0 Å². The average molecular weight is 273 g/mol. The van der Waals surface area contributed by atoms with Crippen LogP contribution in [-0.2, 0) is 0 Å². The van der Waals surface area contributed by atoms with Crippen LogP contribution in [0.2, 0.25) is 5.02 Å². The molecule has 0 aromatic heterocycles. The molecule has 5 heteroatoms. The summed E-state index contributed by atoms with van der Waals surface area (Å²) in [4.78, 5) is 0. The van der Waals surface area contributed by atoms with Gasteiger partial charge in [0.25, 0.3) is 0 Å². The molecule has 0 aliphatic heterocycles. The van der Waals surface area contributed by atoms with Crippen molar-refractivity contribution in [3.63, 3.8) is 0 Å². The molecule has 19 heavy (non-hydrogen) atoms. The minimum absolute atomic E-state index is 0.107. The second kappa shape index (κ2) is 5.89. The van der Waals surface area contributed by atoms with Crippen LogP contribution in [0.4, 0.5) is 0 Å². The van der Waals surface area contributed by atoms with Gasteiger partial charge in [-0.1, -0.05) is 28.9 Å². The summed E-state index contributed by atoms with van der Waals surface area (Å²) in [6, 6.07) is 15.4. The molecular weight excluding hydrogens is 264 g/mol. The molecule has 0 radical (unpaired) electrons. The SMILES string of the molecule is N#C/C(=N\O)c1ccccc1Oc1ccc(Cl)cc1. The van der Waals surface area contributed by atoms with Crippen molar-refractivity contribution in [2.75, 3.05) is 0 Å². The lowest BCUT2D eigenvalue weighted by Gasteiger charge is -2.09. The maximum atomic E-state index is 8.89. The van der Waals surface area contributed by atoms with Crippen molar-refractivity contribution in [3.8, 4) is 17.6 Å². The summed E-state index contributed by atoms with van der Waals surface area (Å²) in [5.41, 5.74) is 0.312. The molecular formula is C14H9ClN2O2. The molecule has 0 heterocycles. The number of para-hydroxylation sites is 1. The first-order valence-corrected chi connectivity index (χ1v) is 5.77. The van der Waals surface area contributed by atoms with Crippen molar-refractivity contribution in [1.29, 1.82) is 5.26 Å². The summed E-state index contributed by atoms with van der Waals surface area (Å²) in [5, 5.41) is 21.2. The van der Waals surface area contributed by atoms with Crippen LogP contribution in [0, 0.1) is 11.3 Å². The number of hydrogen-bond acceptors (Lipinski definition) is 4. The number of oxime groups is 1. The zero-order valence-corrected chi connectivity index (χ0v) is 10.5. The van der Waals surface area contributed by atoms with E-state index < -0.39 is 0 Å². The zero-order chi connectivity index (χ0) is 13.7. The van der Waals surface area contributed by atoms with Crippen molar-refractivity contribution in [1.82, 2.24) is 0 Å². The number of rotatable bonds is 3. The third-order valence-corrected chi connectivity index (χ3v) is 2.64. The monoisotopic (exact) mass is 272 g/mol. The molecule has 0 atom stereocenters. The van der Waals surface area contributed by atoms with Crippen LogP contribution in [0.25, 0.3) is 0 Å². The fraction of sp³-hybridized carbons (Fsp3) is 0. The van der Waals surface area contributed by atoms with Gasteiger partial charge in [0.2, 0.25) is 0 Å². The summed E-state index contributed by atoms with van der Waals surface area (Å²) >= 11 is 5.79. The predicted octanol–water partition coefficient (Wildman–Crippen LogP) is 3.83. The highest BCUT2D eigenvalue weighted by Gasteiger charge is 2.10. The van der Waals surface area contributed by atoms with E-state index in [0.717, 1.165) is 0 Å². The lowest BCUT2D eigenvalue weighted by Crippen LogP contribution is -2.00. The minimum Gasteiger partial charge on any atom is -0.457 e. The number of hydrogen-bond donors (Lipinski definition) is 1. The Morgan fingerprint density at radius 1 is 1.16 bits per heavy atom. The van der Waals surface area contributed by atoms with E-state index in [0.29, 0.717) is 22.1 Å². The number of nitriles is 1. The largest absolute Gasteiger partial charge is 0.457 e. The topological polar surface area (TPSA) is 65.6 Å². The Bertz CT molecular complexity index is 645. The molecule has 2 rings (SSSR count). The number of ether oxygens (including phenoxy) is 1. The van der Waals surface area contributed by atoms with E-state index in [1.165, 1.54) is 0 Å². The molecule has 0 spiro atoms. The molecule has 1 N–H and O–H groups in total. The van der Waals surface area contributed by atoms with Crippen molar-refractivity contribution >= 4 is 17.3 Å². The highest BCUT2D eigenvalue weighted by Crippen LogP contribution is 2.26. The second-order valence-corrected chi connectivity index (χ2v) is 4.05. The average Bonchev–Trinajstić information content (AvgIpc) is 2.44. The molecule has 2 aromatic rings. The zero-order valence-electron chi connectivity index (χ0n) is 9.75. The molecule has 0 saturated carbocycles. The van der Waals surface area contributed by atoms with Gasteiger partial charge in [-0.05, 0) is 36.4 Å². The molecule has 0 unspecified atom stereocenters. The van der Waals surface area contributed by atoms with Crippen molar-refractivity contribution in [3.05, 3.63) is 59.1 Å². The maximum absolute atomic E-state index is 8.89. The van der Waals surface area contributed by atoms with E-state index in [9.17, 15) is 0 Å². The first kappa shape index (κ1) is 12.9. The number of nitrogens with zero attached hydrogens (tertiary/aromatic N) is 2. The summed E-state index contributed by atoms with van der Waals surface area (Å²) in [5.74, 6) is 1.01. The molecule has 0 fully saturated rings. The van der Waals surface area contributed by atoms with Gasteiger partial charge in [0, 0.05) is 5.02 Å². The van der Waals surface area contributed by atoms with Gasteiger partial charge in [-0.15, -0.1) is 0 Å². The van der Waals surface area contributed by atoms with E-state index >= 15 is 0 Å². The van der Waals surface area contributed by atoms with Crippen LogP contribution in [0.3, 0.4) is 0 Å². The third-order valence-electron chi connectivity index (χ3n) is 2.39. The summed E-state index contributed by atoms with van der Waals surface area (Å²) in [6.07, 6.45) is 0. The van der Waals surface area contributed by atoms with Gasteiger partial charge in [0.15, 0.2) is 5.71 Å². The number of benzene rings is 2. The Morgan fingerprint density at radius 2 is 1.84 bits per heavy atom. The Hall–Kier alpha value is -2.51. The summed E-state index contributed by atoms with van der Waals surface area (Å²) < 4.78 is 5.65. The van der Waals surface area contributed by atoms with Gasteiger partial charge in [0.05, 0.1) is 5.56 Å².